The normalized spacial score (nSPS) is 8.64. The minimum atomic E-state index is 0.604. The molecule has 0 heterocycles. The highest BCUT2D eigenvalue weighted by Gasteiger charge is 1.99. The summed E-state index contributed by atoms with van der Waals surface area (Å²) in [5.41, 5.74) is 0.707. The summed E-state index contributed by atoms with van der Waals surface area (Å²) < 4.78 is 0. The van der Waals surface area contributed by atoms with Crippen LogP contribution in [-0.4, -0.2) is 0 Å². The van der Waals surface area contributed by atoms with E-state index in [0.29, 0.717) is 15.6 Å². The lowest BCUT2D eigenvalue weighted by molar-refractivity contribution is 1.64. The van der Waals surface area contributed by atoms with Crippen molar-refractivity contribution in [2.24, 2.45) is 0 Å². The fourth-order valence-electron chi connectivity index (χ4n) is 0.742. The van der Waals surface area contributed by atoms with Crippen LogP contribution in [0, 0.1) is 11.8 Å². The quantitative estimate of drug-likeness (QED) is 0.543. The first-order chi connectivity index (χ1) is 5.25. The van der Waals surface area contributed by atoms with Crippen LogP contribution in [0.5, 0.6) is 0 Å². The molecule has 0 aliphatic rings. The smallest absolute Gasteiger partial charge is 0.0617 e. The number of benzene rings is 1. The molecule has 0 bridgehead atoms. The van der Waals surface area contributed by atoms with Crippen molar-refractivity contribution in [3.63, 3.8) is 0 Å². The van der Waals surface area contributed by atoms with Gasteiger partial charge in [0.2, 0.25) is 0 Å². The molecule has 0 saturated heterocycles. The van der Waals surface area contributed by atoms with Crippen LogP contribution in [0.3, 0.4) is 0 Å². The standard InChI is InChI=1S/C9H6Cl2/c1-2-4-7-8(10)5-3-6-9(7)11/h3,5-6H,1H3. The van der Waals surface area contributed by atoms with Gasteiger partial charge in [0.1, 0.15) is 0 Å². The van der Waals surface area contributed by atoms with Crippen molar-refractivity contribution in [1.29, 1.82) is 0 Å². The van der Waals surface area contributed by atoms with Gasteiger partial charge >= 0.3 is 0 Å². The molecule has 1 rings (SSSR count). The molecule has 0 aliphatic carbocycles. The first-order valence-corrected chi connectivity index (χ1v) is 3.88. The predicted molar refractivity (Wildman–Crippen MR) is 49.0 cm³/mol. The third kappa shape index (κ3) is 1.89. The molecule has 0 atom stereocenters. The molecule has 0 aromatic heterocycles. The Morgan fingerprint density at radius 1 is 1.18 bits per heavy atom. The molecule has 1 aromatic rings. The molecule has 0 saturated carbocycles. The molecule has 0 nitrogen and oxygen atoms in total. The Morgan fingerprint density at radius 2 is 1.73 bits per heavy atom. The summed E-state index contributed by atoms with van der Waals surface area (Å²) in [7, 11) is 0. The predicted octanol–water partition coefficient (Wildman–Crippen LogP) is 3.36. The van der Waals surface area contributed by atoms with Crippen LogP contribution < -0.4 is 0 Å². The van der Waals surface area contributed by atoms with E-state index in [1.165, 1.54) is 0 Å². The Kier molecular flexibility index (Phi) is 2.82. The van der Waals surface area contributed by atoms with Crippen molar-refractivity contribution in [2.75, 3.05) is 0 Å². The van der Waals surface area contributed by atoms with Gasteiger partial charge in [-0.3, -0.25) is 0 Å². The zero-order chi connectivity index (χ0) is 8.27. The largest absolute Gasteiger partial charge is 0.101 e. The molecule has 0 radical (unpaired) electrons. The first kappa shape index (κ1) is 8.46. The Labute approximate surface area is 76.1 Å². The number of halogens is 2. The van der Waals surface area contributed by atoms with Crippen LogP contribution >= 0.6 is 23.2 Å². The van der Waals surface area contributed by atoms with Crippen LogP contribution in [0.15, 0.2) is 18.2 Å². The van der Waals surface area contributed by atoms with Gasteiger partial charge in [0.25, 0.3) is 0 Å². The molecule has 0 amide bonds. The highest BCUT2D eigenvalue weighted by molar-refractivity contribution is 6.36. The molecule has 0 unspecified atom stereocenters. The maximum absolute atomic E-state index is 5.82. The molecular formula is C9H6Cl2. The van der Waals surface area contributed by atoms with Crippen LogP contribution in [0.1, 0.15) is 12.5 Å². The zero-order valence-corrected chi connectivity index (χ0v) is 7.50. The molecule has 11 heavy (non-hydrogen) atoms. The number of rotatable bonds is 0. The van der Waals surface area contributed by atoms with Crippen molar-refractivity contribution >= 4 is 23.2 Å². The summed E-state index contributed by atoms with van der Waals surface area (Å²) in [4.78, 5) is 0. The molecule has 0 fully saturated rings. The molecule has 1 aromatic carbocycles. The molecule has 0 aliphatic heterocycles. The van der Waals surface area contributed by atoms with E-state index < -0.39 is 0 Å². The van der Waals surface area contributed by atoms with E-state index in [1.54, 1.807) is 25.1 Å². The monoisotopic (exact) mass is 184 g/mol. The second-order valence-electron chi connectivity index (χ2n) is 1.97. The Balaban J connectivity index is 3.28. The van der Waals surface area contributed by atoms with E-state index in [4.69, 9.17) is 23.2 Å². The van der Waals surface area contributed by atoms with Crippen molar-refractivity contribution in [3.8, 4) is 11.8 Å². The van der Waals surface area contributed by atoms with Gasteiger partial charge in [-0.2, -0.15) is 0 Å². The van der Waals surface area contributed by atoms with E-state index in [2.05, 4.69) is 11.8 Å². The van der Waals surface area contributed by atoms with Gasteiger partial charge < -0.3 is 0 Å². The topological polar surface area (TPSA) is 0 Å². The van der Waals surface area contributed by atoms with Gasteiger partial charge in [0, 0.05) is 0 Å². The first-order valence-electron chi connectivity index (χ1n) is 3.12. The molecular weight excluding hydrogens is 179 g/mol. The van der Waals surface area contributed by atoms with Gasteiger partial charge in [-0.05, 0) is 19.1 Å². The van der Waals surface area contributed by atoms with Crippen molar-refractivity contribution in [3.05, 3.63) is 33.8 Å². The summed E-state index contributed by atoms with van der Waals surface area (Å²) >= 11 is 11.6. The Morgan fingerprint density at radius 3 is 2.18 bits per heavy atom. The maximum Gasteiger partial charge on any atom is 0.0617 e. The highest BCUT2D eigenvalue weighted by Crippen LogP contribution is 2.22. The average molecular weight is 185 g/mol. The van der Waals surface area contributed by atoms with E-state index in [1.807, 2.05) is 0 Å². The highest BCUT2D eigenvalue weighted by atomic mass is 35.5. The average Bonchev–Trinajstić information content (AvgIpc) is 1.97. The molecule has 56 valence electrons. The third-order valence-electron chi connectivity index (χ3n) is 1.21. The van der Waals surface area contributed by atoms with E-state index in [9.17, 15) is 0 Å². The van der Waals surface area contributed by atoms with E-state index in [-0.39, 0.29) is 0 Å². The second kappa shape index (κ2) is 3.67. The zero-order valence-electron chi connectivity index (χ0n) is 5.99. The lowest BCUT2D eigenvalue weighted by Crippen LogP contribution is -1.77. The van der Waals surface area contributed by atoms with Gasteiger partial charge in [-0.15, -0.1) is 5.92 Å². The van der Waals surface area contributed by atoms with Crippen LogP contribution in [0.25, 0.3) is 0 Å². The summed E-state index contributed by atoms with van der Waals surface area (Å²) in [6.07, 6.45) is 0. The van der Waals surface area contributed by atoms with E-state index in [0.717, 1.165) is 0 Å². The van der Waals surface area contributed by atoms with Crippen LogP contribution in [0.2, 0.25) is 10.0 Å². The minimum absolute atomic E-state index is 0.604. The fourth-order valence-corrected chi connectivity index (χ4v) is 1.23. The summed E-state index contributed by atoms with van der Waals surface area (Å²) in [6, 6.07) is 5.34. The Bertz CT molecular complexity index is 298. The summed E-state index contributed by atoms with van der Waals surface area (Å²) in [6.45, 7) is 1.75. The van der Waals surface area contributed by atoms with Crippen LogP contribution in [-0.2, 0) is 0 Å². The molecule has 0 spiro atoms. The lowest BCUT2D eigenvalue weighted by atomic mass is 10.2. The number of hydrogen-bond acceptors (Lipinski definition) is 0. The van der Waals surface area contributed by atoms with Crippen molar-refractivity contribution in [2.45, 2.75) is 6.92 Å². The maximum atomic E-state index is 5.82. The summed E-state index contributed by atoms with van der Waals surface area (Å²) in [5, 5.41) is 1.21. The Hall–Kier alpha value is -0.640. The second-order valence-corrected chi connectivity index (χ2v) is 2.79. The van der Waals surface area contributed by atoms with Gasteiger partial charge in [-0.1, -0.05) is 35.2 Å². The summed E-state index contributed by atoms with van der Waals surface area (Å²) in [5.74, 6) is 5.58. The molecule has 2 heteroatoms. The van der Waals surface area contributed by atoms with E-state index >= 15 is 0 Å². The SMILES string of the molecule is CC#Cc1c(Cl)cccc1Cl. The minimum Gasteiger partial charge on any atom is -0.101 e. The lowest BCUT2D eigenvalue weighted by Gasteiger charge is -1.96. The van der Waals surface area contributed by atoms with Crippen LogP contribution in [0.4, 0.5) is 0 Å². The molecule has 0 N–H and O–H groups in total. The van der Waals surface area contributed by atoms with Crippen molar-refractivity contribution < 1.29 is 0 Å². The third-order valence-corrected chi connectivity index (χ3v) is 1.84. The number of hydrogen-bond donors (Lipinski definition) is 0. The van der Waals surface area contributed by atoms with Gasteiger partial charge in [-0.25, -0.2) is 0 Å². The van der Waals surface area contributed by atoms with Crippen molar-refractivity contribution in [1.82, 2.24) is 0 Å². The van der Waals surface area contributed by atoms with Gasteiger partial charge in [0.15, 0.2) is 0 Å². The van der Waals surface area contributed by atoms with Gasteiger partial charge in [0.05, 0.1) is 15.6 Å². The fraction of sp³-hybridized carbons (Fsp3) is 0.111.